The molecule has 6 heteroatoms. The number of benzene rings is 1. The van der Waals surface area contributed by atoms with Crippen LogP contribution in [0.1, 0.15) is 24.8 Å². The Hall–Kier alpha value is -1.50. The van der Waals surface area contributed by atoms with E-state index in [2.05, 4.69) is 10.2 Å². The number of likely N-dealkylation sites (tertiary alicyclic amines) is 1. The van der Waals surface area contributed by atoms with Gasteiger partial charge >= 0.3 is 0 Å². The highest BCUT2D eigenvalue weighted by Gasteiger charge is 2.47. The van der Waals surface area contributed by atoms with Gasteiger partial charge in [0, 0.05) is 38.1 Å². The number of hydrogen-bond acceptors (Lipinski definition) is 4. The zero-order valence-corrected chi connectivity index (χ0v) is 14.3. The van der Waals surface area contributed by atoms with E-state index in [1.54, 1.807) is 26.2 Å². The van der Waals surface area contributed by atoms with Gasteiger partial charge in [-0.25, -0.2) is 4.39 Å². The summed E-state index contributed by atoms with van der Waals surface area (Å²) >= 11 is 0. The van der Waals surface area contributed by atoms with Gasteiger partial charge in [0.05, 0.1) is 12.6 Å². The smallest absolute Gasteiger partial charge is 0.238 e. The molecule has 1 spiro atoms. The molecule has 2 heterocycles. The first-order valence-corrected chi connectivity index (χ1v) is 8.48. The Kier molecular flexibility index (Phi) is 5.18. The molecular formula is C18H25FN2O3. The largest absolute Gasteiger partial charge is 0.378 e. The monoisotopic (exact) mass is 336 g/mol. The second kappa shape index (κ2) is 7.17. The molecule has 2 atom stereocenters. The molecule has 1 amide bonds. The van der Waals surface area contributed by atoms with Crippen molar-refractivity contribution >= 4 is 11.6 Å². The summed E-state index contributed by atoms with van der Waals surface area (Å²) in [4.78, 5) is 14.5. The summed E-state index contributed by atoms with van der Waals surface area (Å²) in [6.45, 7) is 4.18. The summed E-state index contributed by atoms with van der Waals surface area (Å²) in [6.07, 6.45) is 2.93. The van der Waals surface area contributed by atoms with Gasteiger partial charge in [-0.15, -0.1) is 0 Å². The van der Waals surface area contributed by atoms with E-state index in [4.69, 9.17) is 9.47 Å². The average molecular weight is 336 g/mol. The first-order chi connectivity index (χ1) is 11.5. The molecule has 2 aliphatic rings. The average Bonchev–Trinajstić information content (AvgIpc) is 3.01. The molecule has 0 aromatic heterocycles. The van der Waals surface area contributed by atoms with Gasteiger partial charge in [0.25, 0.3) is 0 Å². The predicted octanol–water partition coefficient (Wildman–Crippen LogP) is 2.34. The van der Waals surface area contributed by atoms with Gasteiger partial charge in [-0.05, 0) is 38.3 Å². The molecule has 0 radical (unpaired) electrons. The first kappa shape index (κ1) is 17.3. The molecule has 5 nitrogen and oxygen atoms in total. The molecule has 1 aromatic rings. The number of halogens is 1. The maximum absolute atomic E-state index is 13.6. The SMILES string of the molecule is COC1CCN(CC(=O)Nc2cccc(F)c2C)CC12CCCO2. The van der Waals surface area contributed by atoms with Crippen LogP contribution in [0.3, 0.4) is 0 Å². The van der Waals surface area contributed by atoms with Crippen molar-refractivity contribution in [1.29, 1.82) is 0 Å². The van der Waals surface area contributed by atoms with Gasteiger partial charge in [0.1, 0.15) is 11.4 Å². The van der Waals surface area contributed by atoms with Crippen molar-refractivity contribution in [3.05, 3.63) is 29.6 Å². The lowest BCUT2D eigenvalue weighted by atomic mass is 9.87. The lowest BCUT2D eigenvalue weighted by Gasteiger charge is -2.44. The summed E-state index contributed by atoms with van der Waals surface area (Å²) in [7, 11) is 1.73. The Labute approximate surface area is 142 Å². The maximum atomic E-state index is 13.6. The van der Waals surface area contributed by atoms with E-state index in [0.717, 1.165) is 32.4 Å². The van der Waals surface area contributed by atoms with Gasteiger partial charge in [-0.1, -0.05) is 6.07 Å². The van der Waals surface area contributed by atoms with Gasteiger partial charge in [-0.2, -0.15) is 0 Å². The van der Waals surface area contributed by atoms with Gasteiger partial charge in [0.2, 0.25) is 5.91 Å². The number of carbonyl (C=O) groups is 1. The molecule has 24 heavy (non-hydrogen) atoms. The molecule has 2 unspecified atom stereocenters. The molecule has 0 bridgehead atoms. The minimum Gasteiger partial charge on any atom is -0.378 e. The van der Waals surface area contributed by atoms with E-state index >= 15 is 0 Å². The van der Waals surface area contributed by atoms with Gasteiger partial charge < -0.3 is 14.8 Å². The van der Waals surface area contributed by atoms with Crippen molar-refractivity contribution in [2.45, 2.75) is 37.9 Å². The number of carbonyl (C=O) groups excluding carboxylic acids is 1. The van der Waals surface area contributed by atoms with Crippen molar-refractivity contribution in [3.8, 4) is 0 Å². The third-order valence-electron chi connectivity index (χ3n) is 5.11. The fourth-order valence-electron chi connectivity index (χ4n) is 3.82. The first-order valence-electron chi connectivity index (χ1n) is 8.48. The lowest BCUT2D eigenvalue weighted by Crippen LogP contribution is -2.58. The minimum absolute atomic E-state index is 0.0878. The molecule has 2 fully saturated rings. The van der Waals surface area contributed by atoms with Crippen LogP contribution in [-0.2, 0) is 14.3 Å². The topological polar surface area (TPSA) is 50.8 Å². The predicted molar refractivity (Wildman–Crippen MR) is 89.5 cm³/mol. The van der Waals surface area contributed by atoms with Crippen LogP contribution in [0.5, 0.6) is 0 Å². The summed E-state index contributed by atoms with van der Waals surface area (Å²) in [6, 6.07) is 4.71. The van der Waals surface area contributed by atoms with Crippen LogP contribution in [0.15, 0.2) is 18.2 Å². The van der Waals surface area contributed by atoms with Crippen LogP contribution >= 0.6 is 0 Å². The highest BCUT2D eigenvalue weighted by Crippen LogP contribution is 2.36. The van der Waals surface area contributed by atoms with E-state index < -0.39 is 0 Å². The zero-order chi connectivity index (χ0) is 17.2. The van der Waals surface area contributed by atoms with E-state index in [9.17, 15) is 9.18 Å². The van der Waals surface area contributed by atoms with Crippen LogP contribution in [0.2, 0.25) is 0 Å². The number of amides is 1. The molecular weight excluding hydrogens is 311 g/mol. The van der Waals surface area contributed by atoms with E-state index in [1.807, 2.05) is 0 Å². The normalized spacial score (nSPS) is 27.5. The van der Waals surface area contributed by atoms with Crippen LogP contribution in [0, 0.1) is 12.7 Å². The summed E-state index contributed by atoms with van der Waals surface area (Å²) in [5.74, 6) is -0.445. The zero-order valence-electron chi connectivity index (χ0n) is 14.3. The standard InChI is InChI=1S/C18H25FN2O3/c1-13-14(19)5-3-6-15(13)20-17(22)11-21-9-7-16(23-2)18(12-21)8-4-10-24-18/h3,5-6,16H,4,7-12H2,1-2H3,(H,20,22). The molecule has 2 saturated heterocycles. The number of rotatable bonds is 4. The van der Waals surface area contributed by atoms with Crippen molar-refractivity contribution in [2.75, 3.05) is 38.7 Å². The molecule has 1 aromatic carbocycles. The van der Waals surface area contributed by atoms with Crippen LogP contribution in [0.25, 0.3) is 0 Å². The molecule has 1 N–H and O–H groups in total. The van der Waals surface area contributed by atoms with Crippen molar-refractivity contribution in [3.63, 3.8) is 0 Å². The fraction of sp³-hybridized carbons (Fsp3) is 0.611. The lowest BCUT2D eigenvalue weighted by molar-refractivity contribution is -0.146. The van der Waals surface area contributed by atoms with E-state index in [0.29, 0.717) is 17.8 Å². The maximum Gasteiger partial charge on any atom is 0.238 e. The second-order valence-electron chi connectivity index (χ2n) is 6.70. The summed E-state index contributed by atoms with van der Waals surface area (Å²) in [5, 5.41) is 2.81. The van der Waals surface area contributed by atoms with Crippen LogP contribution in [0.4, 0.5) is 10.1 Å². The summed E-state index contributed by atoms with van der Waals surface area (Å²) in [5.41, 5.74) is 0.695. The summed E-state index contributed by atoms with van der Waals surface area (Å²) < 4.78 is 25.2. The molecule has 132 valence electrons. The highest BCUT2D eigenvalue weighted by molar-refractivity contribution is 5.93. The van der Waals surface area contributed by atoms with Crippen molar-refractivity contribution in [1.82, 2.24) is 4.90 Å². The van der Waals surface area contributed by atoms with Crippen LogP contribution in [-0.4, -0.2) is 55.9 Å². The van der Waals surface area contributed by atoms with Crippen molar-refractivity contribution < 1.29 is 18.7 Å². The quantitative estimate of drug-likeness (QED) is 0.917. The fourth-order valence-corrected chi connectivity index (χ4v) is 3.82. The number of nitrogens with zero attached hydrogens (tertiary/aromatic N) is 1. The van der Waals surface area contributed by atoms with Crippen LogP contribution < -0.4 is 5.32 Å². The number of nitrogens with one attached hydrogen (secondary N) is 1. The Bertz CT molecular complexity index is 602. The Morgan fingerprint density at radius 3 is 3.08 bits per heavy atom. The number of anilines is 1. The Morgan fingerprint density at radius 1 is 1.54 bits per heavy atom. The number of methoxy groups -OCH3 is 1. The molecule has 0 saturated carbocycles. The van der Waals surface area contributed by atoms with Gasteiger partial charge in [-0.3, -0.25) is 9.69 Å². The molecule has 0 aliphatic carbocycles. The molecule has 2 aliphatic heterocycles. The minimum atomic E-state index is -0.313. The third kappa shape index (κ3) is 3.45. The number of hydrogen-bond donors (Lipinski definition) is 1. The second-order valence-corrected chi connectivity index (χ2v) is 6.70. The van der Waals surface area contributed by atoms with E-state index in [1.165, 1.54) is 6.07 Å². The third-order valence-corrected chi connectivity index (χ3v) is 5.11. The van der Waals surface area contributed by atoms with E-state index in [-0.39, 0.29) is 30.0 Å². The van der Waals surface area contributed by atoms with Crippen molar-refractivity contribution in [2.24, 2.45) is 0 Å². The molecule has 3 rings (SSSR count). The number of ether oxygens (including phenoxy) is 2. The Balaban J connectivity index is 1.61. The number of piperidine rings is 1. The van der Waals surface area contributed by atoms with Gasteiger partial charge in [0.15, 0.2) is 0 Å². The Morgan fingerprint density at radius 2 is 2.38 bits per heavy atom. The highest BCUT2D eigenvalue weighted by atomic mass is 19.1.